The lowest BCUT2D eigenvalue weighted by Crippen LogP contribution is -2.23. The summed E-state index contributed by atoms with van der Waals surface area (Å²) in [5.74, 6) is 0.115. The quantitative estimate of drug-likeness (QED) is 0.387. The highest BCUT2D eigenvalue weighted by Crippen LogP contribution is 2.17. The molecule has 0 aliphatic rings. The molecule has 3 N–H and O–H groups in total. The number of nitrogens with zero attached hydrogens (tertiary/aromatic N) is 1. The van der Waals surface area contributed by atoms with E-state index < -0.39 is 0 Å². The largest absolute Gasteiger partial charge is 0.370 e. The molecule has 0 saturated carbocycles. The molecule has 0 heterocycles. The molecular formula is C16H18BrFIN3. The van der Waals surface area contributed by atoms with E-state index in [1.165, 1.54) is 6.07 Å². The highest BCUT2D eigenvalue weighted by Gasteiger charge is 2.00. The number of hydrogen-bond acceptors (Lipinski definition) is 1. The Balaban J connectivity index is 0.00000242. The summed E-state index contributed by atoms with van der Waals surface area (Å²) in [4.78, 5) is 4.27. The Kier molecular flexibility index (Phi) is 7.81. The van der Waals surface area contributed by atoms with E-state index in [1.807, 2.05) is 31.2 Å². The average molecular weight is 478 g/mol. The molecule has 0 aromatic heterocycles. The van der Waals surface area contributed by atoms with Crippen LogP contribution in [0.15, 0.2) is 51.9 Å². The van der Waals surface area contributed by atoms with Gasteiger partial charge < -0.3 is 11.1 Å². The maximum atomic E-state index is 13.1. The van der Waals surface area contributed by atoms with Crippen molar-refractivity contribution in [2.75, 3.05) is 11.9 Å². The zero-order valence-electron chi connectivity index (χ0n) is 12.1. The van der Waals surface area contributed by atoms with Gasteiger partial charge in [0.05, 0.1) is 4.47 Å². The summed E-state index contributed by atoms with van der Waals surface area (Å²) < 4.78 is 13.6. The number of hydrogen-bond donors (Lipinski definition) is 2. The Morgan fingerprint density at radius 1 is 1.27 bits per heavy atom. The Morgan fingerprint density at radius 3 is 2.73 bits per heavy atom. The molecule has 0 aliphatic carbocycles. The monoisotopic (exact) mass is 477 g/mol. The number of aliphatic imine (C=N–C) groups is 1. The minimum Gasteiger partial charge on any atom is -0.370 e. The normalized spacial score (nSPS) is 11.0. The number of rotatable bonds is 4. The van der Waals surface area contributed by atoms with E-state index >= 15 is 0 Å². The van der Waals surface area contributed by atoms with Gasteiger partial charge in [0.15, 0.2) is 5.96 Å². The molecule has 2 rings (SSSR count). The van der Waals surface area contributed by atoms with Crippen LogP contribution in [0.25, 0.3) is 0 Å². The third-order valence-corrected chi connectivity index (χ3v) is 3.56. The smallest absolute Gasteiger partial charge is 0.193 e. The van der Waals surface area contributed by atoms with E-state index in [9.17, 15) is 4.39 Å². The van der Waals surface area contributed by atoms with Gasteiger partial charge in [0.25, 0.3) is 0 Å². The molecule has 0 amide bonds. The fourth-order valence-electron chi connectivity index (χ4n) is 1.91. The molecule has 6 heteroatoms. The molecule has 0 bridgehead atoms. The van der Waals surface area contributed by atoms with Crippen LogP contribution in [-0.2, 0) is 6.42 Å². The van der Waals surface area contributed by atoms with Crippen molar-refractivity contribution in [3.05, 3.63) is 63.9 Å². The number of nitrogens with one attached hydrogen (secondary N) is 1. The molecule has 0 saturated heterocycles. The van der Waals surface area contributed by atoms with E-state index in [-0.39, 0.29) is 29.8 Å². The molecule has 0 spiro atoms. The number of aryl methyl sites for hydroxylation is 1. The Labute approximate surface area is 155 Å². The van der Waals surface area contributed by atoms with Crippen molar-refractivity contribution < 1.29 is 4.39 Å². The second kappa shape index (κ2) is 9.09. The van der Waals surface area contributed by atoms with Crippen LogP contribution in [0.2, 0.25) is 0 Å². The lowest BCUT2D eigenvalue weighted by atomic mass is 10.1. The van der Waals surface area contributed by atoms with Gasteiger partial charge in [-0.3, -0.25) is 4.99 Å². The summed E-state index contributed by atoms with van der Waals surface area (Å²) in [6.45, 7) is 2.56. The minimum absolute atomic E-state index is 0. The van der Waals surface area contributed by atoms with Crippen LogP contribution >= 0.6 is 39.9 Å². The Bertz CT molecular complexity index is 662. The fourth-order valence-corrected chi connectivity index (χ4v) is 2.34. The van der Waals surface area contributed by atoms with Gasteiger partial charge in [0, 0.05) is 12.2 Å². The number of halogens is 3. The maximum absolute atomic E-state index is 13.1. The van der Waals surface area contributed by atoms with Gasteiger partial charge in [-0.1, -0.05) is 18.2 Å². The van der Waals surface area contributed by atoms with E-state index in [0.717, 1.165) is 16.8 Å². The zero-order chi connectivity index (χ0) is 15.2. The average Bonchev–Trinajstić information content (AvgIpc) is 2.43. The molecule has 0 fully saturated rings. The minimum atomic E-state index is -0.261. The fraction of sp³-hybridized carbons (Fsp3) is 0.188. The van der Waals surface area contributed by atoms with Crippen molar-refractivity contribution in [3.63, 3.8) is 0 Å². The number of benzene rings is 2. The first-order valence-corrected chi connectivity index (χ1v) is 7.41. The lowest BCUT2D eigenvalue weighted by molar-refractivity contribution is 0.620. The SMILES string of the molecule is Cc1cccc(NC(N)=NCCc2ccc(F)c(Br)c2)c1.I. The molecule has 118 valence electrons. The first-order valence-electron chi connectivity index (χ1n) is 6.62. The van der Waals surface area contributed by atoms with Crippen LogP contribution in [0.1, 0.15) is 11.1 Å². The van der Waals surface area contributed by atoms with Gasteiger partial charge in [-0.25, -0.2) is 4.39 Å². The van der Waals surface area contributed by atoms with E-state index in [1.54, 1.807) is 12.1 Å². The van der Waals surface area contributed by atoms with Gasteiger partial charge >= 0.3 is 0 Å². The van der Waals surface area contributed by atoms with Crippen molar-refractivity contribution in [2.45, 2.75) is 13.3 Å². The Hall–Kier alpha value is -1.15. The van der Waals surface area contributed by atoms with Gasteiger partial charge in [-0.15, -0.1) is 24.0 Å². The molecule has 2 aromatic carbocycles. The highest BCUT2D eigenvalue weighted by molar-refractivity contribution is 14.0. The van der Waals surface area contributed by atoms with Crippen molar-refractivity contribution in [1.82, 2.24) is 0 Å². The zero-order valence-corrected chi connectivity index (χ0v) is 16.1. The third kappa shape index (κ3) is 5.92. The molecule has 0 radical (unpaired) electrons. The van der Waals surface area contributed by atoms with Crippen molar-refractivity contribution in [1.29, 1.82) is 0 Å². The number of guanidine groups is 1. The summed E-state index contributed by atoms with van der Waals surface area (Å²) in [7, 11) is 0. The molecule has 0 unspecified atom stereocenters. The summed E-state index contributed by atoms with van der Waals surface area (Å²) in [6, 6.07) is 12.9. The van der Waals surface area contributed by atoms with Crippen molar-refractivity contribution >= 4 is 51.6 Å². The van der Waals surface area contributed by atoms with E-state index in [2.05, 4.69) is 26.2 Å². The van der Waals surface area contributed by atoms with E-state index in [0.29, 0.717) is 23.4 Å². The van der Waals surface area contributed by atoms with Crippen LogP contribution in [0, 0.1) is 12.7 Å². The highest BCUT2D eigenvalue weighted by atomic mass is 127. The summed E-state index contributed by atoms with van der Waals surface area (Å²) >= 11 is 3.17. The molecule has 0 aliphatic heterocycles. The summed E-state index contributed by atoms with van der Waals surface area (Å²) in [5.41, 5.74) is 8.93. The molecule has 22 heavy (non-hydrogen) atoms. The van der Waals surface area contributed by atoms with Crippen LogP contribution < -0.4 is 11.1 Å². The van der Waals surface area contributed by atoms with Gasteiger partial charge in [0.1, 0.15) is 5.82 Å². The van der Waals surface area contributed by atoms with Gasteiger partial charge in [0.2, 0.25) is 0 Å². The maximum Gasteiger partial charge on any atom is 0.193 e. The molecule has 2 aromatic rings. The lowest BCUT2D eigenvalue weighted by Gasteiger charge is -2.06. The number of nitrogens with two attached hydrogens (primary N) is 1. The van der Waals surface area contributed by atoms with Crippen molar-refractivity contribution in [3.8, 4) is 0 Å². The predicted octanol–water partition coefficient (Wildman–Crippen LogP) is 4.48. The third-order valence-electron chi connectivity index (χ3n) is 2.96. The van der Waals surface area contributed by atoms with E-state index in [4.69, 9.17) is 5.73 Å². The molecular weight excluding hydrogens is 460 g/mol. The number of anilines is 1. The van der Waals surface area contributed by atoms with Crippen LogP contribution in [0.4, 0.5) is 10.1 Å². The first-order chi connectivity index (χ1) is 10.0. The molecule has 3 nitrogen and oxygen atoms in total. The van der Waals surface area contributed by atoms with Gasteiger partial charge in [-0.2, -0.15) is 0 Å². The Morgan fingerprint density at radius 2 is 2.05 bits per heavy atom. The second-order valence-corrected chi connectivity index (χ2v) is 5.61. The van der Waals surface area contributed by atoms with Gasteiger partial charge in [-0.05, 0) is 64.7 Å². The van der Waals surface area contributed by atoms with Crippen LogP contribution in [-0.4, -0.2) is 12.5 Å². The predicted molar refractivity (Wildman–Crippen MR) is 105 cm³/mol. The first kappa shape index (κ1) is 18.9. The van der Waals surface area contributed by atoms with Crippen LogP contribution in [0.5, 0.6) is 0 Å². The summed E-state index contributed by atoms with van der Waals surface area (Å²) in [5, 5.41) is 3.05. The molecule has 0 atom stereocenters. The van der Waals surface area contributed by atoms with Crippen molar-refractivity contribution in [2.24, 2.45) is 10.7 Å². The second-order valence-electron chi connectivity index (χ2n) is 4.76. The summed E-state index contributed by atoms with van der Waals surface area (Å²) in [6.07, 6.45) is 0.703. The topological polar surface area (TPSA) is 50.4 Å². The standard InChI is InChI=1S/C16H17BrFN3.HI/c1-11-3-2-4-13(9-11)21-16(19)20-8-7-12-5-6-15(18)14(17)10-12;/h2-6,9-10H,7-8H2,1H3,(H3,19,20,21);1H. The van der Waals surface area contributed by atoms with Crippen LogP contribution in [0.3, 0.4) is 0 Å².